The first-order valence-corrected chi connectivity index (χ1v) is 7.63. The van der Waals surface area contributed by atoms with E-state index in [2.05, 4.69) is 32.3 Å². The van der Waals surface area contributed by atoms with Gasteiger partial charge in [-0.25, -0.2) is 0 Å². The highest BCUT2D eigenvalue weighted by Crippen LogP contribution is 2.39. The largest absolute Gasteiger partial charge is 0.366 e. The Morgan fingerprint density at radius 3 is 2.73 bits per heavy atom. The molecule has 2 aliphatic rings. The third kappa shape index (κ3) is 2.43. The Morgan fingerprint density at radius 1 is 1.23 bits per heavy atom. The first kappa shape index (κ1) is 13.2. The van der Waals surface area contributed by atoms with Gasteiger partial charge in [0.25, 0.3) is 5.91 Å². The summed E-state index contributed by atoms with van der Waals surface area (Å²) < 4.78 is 1.83. The fourth-order valence-corrected chi connectivity index (χ4v) is 2.93. The van der Waals surface area contributed by atoms with Gasteiger partial charge >= 0.3 is 0 Å². The van der Waals surface area contributed by atoms with Gasteiger partial charge in [0.2, 0.25) is 0 Å². The second-order valence-electron chi connectivity index (χ2n) is 6.05. The molecule has 1 saturated heterocycles. The topological polar surface area (TPSA) is 89.9 Å². The van der Waals surface area contributed by atoms with Gasteiger partial charge in [0.15, 0.2) is 5.82 Å². The molecule has 7 heteroatoms. The number of aromatic nitrogens is 4. The summed E-state index contributed by atoms with van der Waals surface area (Å²) in [6.45, 7) is 1.73. The molecule has 2 aromatic rings. The molecule has 1 amide bonds. The monoisotopic (exact) mass is 298 g/mol. The molecule has 1 atom stereocenters. The zero-order valence-corrected chi connectivity index (χ0v) is 12.2. The number of amides is 1. The van der Waals surface area contributed by atoms with E-state index in [9.17, 15) is 4.79 Å². The Bertz CT molecular complexity index is 690. The van der Waals surface area contributed by atoms with Crippen molar-refractivity contribution in [2.45, 2.75) is 31.2 Å². The number of hydrogen-bond donors (Lipinski definition) is 1. The SMILES string of the molecule is NC(=O)c1cnn(C2CCN(c3ccc(C4CC4)nn3)C2)c1. The number of carbonyl (C=O) groups is 1. The van der Waals surface area contributed by atoms with E-state index in [4.69, 9.17) is 5.73 Å². The summed E-state index contributed by atoms with van der Waals surface area (Å²) in [6.07, 6.45) is 6.68. The van der Waals surface area contributed by atoms with Crippen molar-refractivity contribution < 1.29 is 4.79 Å². The second kappa shape index (κ2) is 5.08. The Labute approximate surface area is 128 Å². The van der Waals surface area contributed by atoms with E-state index >= 15 is 0 Å². The van der Waals surface area contributed by atoms with Crippen LogP contribution in [0.5, 0.6) is 0 Å². The summed E-state index contributed by atoms with van der Waals surface area (Å²) >= 11 is 0. The van der Waals surface area contributed by atoms with Crippen LogP contribution in [0.15, 0.2) is 24.5 Å². The quantitative estimate of drug-likeness (QED) is 0.913. The van der Waals surface area contributed by atoms with Gasteiger partial charge in [-0.15, -0.1) is 5.10 Å². The maximum Gasteiger partial charge on any atom is 0.251 e. The third-order valence-corrected chi connectivity index (χ3v) is 4.41. The minimum atomic E-state index is -0.442. The Balaban J connectivity index is 1.45. The Kier molecular flexibility index (Phi) is 3.06. The average Bonchev–Trinajstić information content (AvgIpc) is 3.06. The van der Waals surface area contributed by atoms with E-state index in [1.807, 2.05) is 4.68 Å². The van der Waals surface area contributed by atoms with Crippen molar-refractivity contribution in [3.05, 3.63) is 35.8 Å². The number of carbonyl (C=O) groups excluding carboxylic acids is 1. The maximum absolute atomic E-state index is 11.1. The van der Waals surface area contributed by atoms with Gasteiger partial charge in [0.1, 0.15) is 0 Å². The van der Waals surface area contributed by atoms with Crippen LogP contribution >= 0.6 is 0 Å². The van der Waals surface area contributed by atoms with Crippen molar-refractivity contribution in [2.24, 2.45) is 5.73 Å². The van der Waals surface area contributed by atoms with E-state index in [0.29, 0.717) is 11.5 Å². The van der Waals surface area contributed by atoms with E-state index < -0.39 is 5.91 Å². The number of nitrogens with zero attached hydrogens (tertiary/aromatic N) is 5. The van der Waals surface area contributed by atoms with Crippen LogP contribution in [0.2, 0.25) is 0 Å². The fourth-order valence-electron chi connectivity index (χ4n) is 2.93. The lowest BCUT2D eigenvalue weighted by Gasteiger charge is -2.17. The van der Waals surface area contributed by atoms with Crippen molar-refractivity contribution in [2.75, 3.05) is 18.0 Å². The van der Waals surface area contributed by atoms with Crippen LogP contribution in [0.3, 0.4) is 0 Å². The van der Waals surface area contributed by atoms with Crippen LogP contribution < -0.4 is 10.6 Å². The molecule has 2 fully saturated rings. The van der Waals surface area contributed by atoms with Crippen LogP contribution in [-0.2, 0) is 0 Å². The number of rotatable bonds is 4. The minimum absolute atomic E-state index is 0.234. The molecule has 1 aliphatic heterocycles. The summed E-state index contributed by atoms with van der Waals surface area (Å²) in [5, 5.41) is 12.9. The van der Waals surface area contributed by atoms with E-state index in [1.54, 1.807) is 6.20 Å². The summed E-state index contributed by atoms with van der Waals surface area (Å²) in [7, 11) is 0. The molecule has 0 radical (unpaired) electrons. The van der Waals surface area contributed by atoms with Crippen LogP contribution in [0.4, 0.5) is 5.82 Å². The molecule has 0 spiro atoms. The third-order valence-electron chi connectivity index (χ3n) is 4.41. The molecule has 1 saturated carbocycles. The van der Waals surface area contributed by atoms with Gasteiger partial charge in [-0.1, -0.05) is 0 Å². The Morgan fingerprint density at radius 2 is 2.09 bits per heavy atom. The van der Waals surface area contributed by atoms with Crippen LogP contribution in [0.25, 0.3) is 0 Å². The maximum atomic E-state index is 11.1. The normalized spacial score (nSPS) is 21.3. The average molecular weight is 298 g/mol. The van der Waals surface area contributed by atoms with E-state index in [-0.39, 0.29) is 6.04 Å². The summed E-state index contributed by atoms with van der Waals surface area (Å²) in [6, 6.07) is 4.38. The molecule has 114 valence electrons. The lowest BCUT2D eigenvalue weighted by Crippen LogP contribution is -2.22. The van der Waals surface area contributed by atoms with Crippen molar-refractivity contribution in [3.63, 3.8) is 0 Å². The number of primary amides is 1. The second-order valence-corrected chi connectivity index (χ2v) is 6.05. The van der Waals surface area contributed by atoms with E-state index in [0.717, 1.165) is 31.0 Å². The predicted octanol–water partition coefficient (Wildman–Crippen LogP) is 1.10. The van der Waals surface area contributed by atoms with Gasteiger partial charge in [0.05, 0.1) is 23.5 Å². The zero-order chi connectivity index (χ0) is 15.1. The number of anilines is 1. The molecule has 1 aliphatic carbocycles. The molecule has 1 unspecified atom stereocenters. The van der Waals surface area contributed by atoms with Crippen LogP contribution in [-0.4, -0.2) is 39.0 Å². The first-order valence-electron chi connectivity index (χ1n) is 7.63. The van der Waals surface area contributed by atoms with Gasteiger partial charge in [-0.05, 0) is 31.4 Å². The van der Waals surface area contributed by atoms with Crippen molar-refractivity contribution in [3.8, 4) is 0 Å². The highest BCUT2D eigenvalue weighted by Gasteiger charge is 2.28. The van der Waals surface area contributed by atoms with Gasteiger partial charge in [-0.2, -0.15) is 10.2 Å². The summed E-state index contributed by atoms with van der Waals surface area (Å²) in [4.78, 5) is 13.4. The summed E-state index contributed by atoms with van der Waals surface area (Å²) in [5.41, 5.74) is 6.83. The molecule has 3 heterocycles. The molecule has 22 heavy (non-hydrogen) atoms. The smallest absolute Gasteiger partial charge is 0.251 e. The summed E-state index contributed by atoms with van der Waals surface area (Å²) in [5.74, 6) is 1.10. The molecule has 4 rings (SSSR count). The number of hydrogen-bond acceptors (Lipinski definition) is 5. The minimum Gasteiger partial charge on any atom is -0.366 e. The fraction of sp³-hybridized carbons (Fsp3) is 0.467. The van der Waals surface area contributed by atoms with Crippen LogP contribution in [0.1, 0.15) is 47.3 Å². The molecule has 7 nitrogen and oxygen atoms in total. The van der Waals surface area contributed by atoms with Crippen molar-refractivity contribution in [1.82, 2.24) is 20.0 Å². The highest BCUT2D eigenvalue weighted by molar-refractivity contribution is 5.92. The molecule has 2 N–H and O–H groups in total. The van der Waals surface area contributed by atoms with Crippen molar-refractivity contribution in [1.29, 1.82) is 0 Å². The molecular weight excluding hydrogens is 280 g/mol. The standard InChI is InChI=1S/C15H18N6O/c16-15(22)11-7-17-21(8-11)12-5-6-20(9-12)14-4-3-13(18-19-14)10-1-2-10/h3-4,7-8,10,12H,1-2,5-6,9H2,(H2,16,22). The first-order chi connectivity index (χ1) is 10.7. The highest BCUT2D eigenvalue weighted by atomic mass is 16.1. The van der Waals surface area contributed by atoms with Gasteiger partial charge in [0, 0.05) is 25.2 Å². The van der Waals surface area contributed by atoms with E-state index in [1.165, 1.54) is 19.0 Å². The Hall–Kier alpha value is -2.44. The van der Waals surface area contributed by atoms with Gasteiger partial charge < -0.3 is 10.6 Å². The molecule has 2 aromatic heterocycles. The lowest BCUT2D eigenvalue weighted by molar-refractivity contribution is 0.1000. The molecule has 0 aromatic carbocycles. The van der Waals surface area contributed by atoms with Gasteiger partial charge in [-0.3, -0.25) is 9.48 Å². The number of nitrogens with two attached hydrogens (primary N) is 1. The van der Waals surface area contributed by atoms with Crippen molar-refractivity contribution >= 4 is 11.7 Å². The predicted molar refractivity (Wildman–Crippen MR) is 80.6 cm³/mol. The van der Waals surface area contributed by atoms with Crippen LogP contribution in [0, 0.1) is 0 Å². The lowest BCUT2D eigenvalue weighted by atomic mass is 10.2. The molecule has 0 bridgehead atoms. The molecular formula is C15H18N6O. The zero-order valence-electron chi connectivity index (χ0n) is 12.2.